The van der Waals surface area contributed by atoms with Gasteiger partial charge in [0.05, 0.1) is 0 Å². The van der Waals surface area contributed by atoms with Crippen molar-refractivity contribution < 1.29 is 62.4 Å². The minimum Gasteiger partial charge on any atom is -0.458 e. The molecule has 26 rings (SSSR count). The van der Waals surface area contributed by atoms with E-state index in [-0.39, 0.29) is 86.2 Å². The van der Waals surface area contributed by atoms with Gasteiger partial charge in [-0.1, -0.05) is 56.6 Å². The highest BCUT2D eigenvalue weighted by atomic mass is 16.6. The van der Waals surface area contributed by atoms with Gasteiger partial charge in [0, 0.05) is 109 Å². The molecule has 4 saturated heterocycles. The van der Waals surface area contributed by atoms with Crippen LogP contribution < -0.4 is 0 Å². The summed E-state index contributed by atoms with van der Waals surface area (Å²) in [6.07, 6.45) is 52.2. The number of hydrogen-bond acceptors (Lipinski definition) is 13. The van der Waals surface area contributed by atoms with E-state index in [2.05, 4.69) is 52.0 Å². The van der Waals surface area contributed by atoms with Crippen LogP contribution in [0.5, 0.6) is 0 Å². The summed E-state index contributed by atoms with van der Waals surface area (Å²) in [5, 5.41) is 10.2. The van der Waals surface area contributed by atoms with Gasteiger partial charge in [-0.25, -0.2) is 0 Å². The van der Waals surface area contributed by atoms with Crippen LogP contribution in [0.1, 0.15) is 265 Å². The molecular weight excluding hydrogens is 1360 g/mol. The maximum atomic E-state index is 12.3. The Morgan fingerprint density at radius 3 is 1.28 bits per heavy atom. The normalized spacial score (nSPS) is 55.3. The number of fused-ring (bicyclic) bond motifs is 40. The fourth-order valence-electron chi connectivity index (χ4n) is 37.5. The van der Waals surface area contributed by atoms with E-state index in [1.54, 1.807) is 11.1 Å². The lowest BCUT2D eigenvalue weighted by Gasteiger charge is -2.59. The first-order chi connectivity index (χ1) is 52.8. The third kappa shape index (κ3) is 8.93. The first-order valence-corrected chi connectivity index (χ1v) is 45.9. The summed E-state index contributed by atoms with van der Waals surface area (Å²) >= 11 is 0. The predicted octanol–water partition coefficient (Wildman–Crippen LogP) is 17.0. The van der Waals surface area contributed by atoms with Gasteiger partial charge in [0.1, 0.15) is 22.4 Å². The molecule has 35 atom stereocenters. The smallest absolute Gasteiger partial charge is 0.306 e. The third-order valence-corrected chi connectivity index (χ3v) is 41.0. The van der Waals surface area contributed by atoms with Crippen LogP contribution in [-0.2, 0) is 57.3 Å². The van der Waals surface area contributed by atoms with Crippen molar-refractivity contribution >= 4 is 47.0 Å². The highest BCUT2D eigenvalue weighted by Gasteiger charge is 2.85. The molecule has 0 amide bonds. The highest BCUT2D eigenvalue weighted by molar-refractivity contribution is 5.93. The lowest BCUT2D eigenvalue weighted by atomic mass is 9.46. The molecule has 0 aromatic rings. The van der Waals surface area contributed by atoms with Crippen molar-refractivity contribution in [3.63, 3.8) is 0 Å². The molecule has 13 heteroatoms. The van der Waals surface area contributed by atoms with Gasteiger partial charge >= 0.3 is 23.9 Å². The van der Waals surface area contributed by atoms with Crippen LogP contribution in [0, 0.1) is 187 Å². The summed E-state index contributed by atoms with van der Waals surface area (Å²) in [7, 11) is 0. The minimum atomic E-state index is -0.188. The summed E-state index contributed by atoms with van der Waals surface area (Å²) in [6.45, 7) is 9.58. The van der Waals surface area contributed by atoms with Crippen LogP contribution in [0.3, 0.4) is 0 Å². The van der Waals surface area contributed by atoms with Crippen LogP contribution in [0.2, 0.25) is 0 Å². The minimum absolute atomic E-state index is 0.0224. The maximum absolute atomic E-state index is 12.3. The van der Waals surface area contributed by atoms with Crippen molar-refractivity contribution in [3.05, 3.63) is 58.7 Å². The molecular formula is C96H122O13. The Morgan fingerprint density at radius 2 is 0.780 bits per heavy atom. The van der Waals surface area contributed by atoms with Crippen LogP contribution in [0.4, 0.5) is 0 Å². The van der Waals surface area contributed by atoms with E-state index >= 15 is 0 Å². The molecule has 0 radical (unpaired) electrons. The van der Waals surface area contributed by atoms with E-state index in [1.165, 1.54) is 127 Å². The zero-order valence-electron chi connectivity index (χ0n) is 65.8. The molecule has 4 heterocycles. The van der Waals surface area contributed by atoms with Gasteiger partial charge in [0.2, 0.25) is 0 Å². The molecule has 584 valence electrons. The largest absolute Gasteiger partial charge is 0.458 e. The van der Waals surface area contributed by atoms with Crippen LogP contribution in [-0.4, -0.2) is 81.1 Å². The van der Waals surface area contributed by atoms with Crippen LogP contribution in [0.15, 0.2) is 58.7 Å². The molecule has 0 aromatic heterocycles. The average molecular weight is 1480 g/mol. The van der Waals surface area contributed by atoms with Crippen molar-refractivity contribution in [1.82, 2.24) is 0 Å². The molecule has 22 aliphatic carbocycles. The molecule has 21 fully saturated rings. The topological polar surface area (TPSA) is 194 Å². The number of rotatable bonds is 5. The van der Waals surface area contributed by atoms with Gasteiger partial charge in [-0.3, -0.25) is 38.4 Å². The van der Waals surface area contributed by atoms with Crippen molar-refractivity contribution in [1.29, 1.82) is 0 Å². The fourth-order valence-corrected chi connectivity index (χ4v) is 37.5. The summed E-state index contributed by atoms with van der Waals surface area (Å²) in [5.74, 6) is 20.0. The summed E-state index contributed by atoms with van der Waals surface area (Å²) in [4.78, 5) is 97.0. The molecule has 0 aromatic carbocycles. The Bertz CT molecular complexity index is 4200. The van der Waals surface area contributed by atoms with Crippen molar-refractivity contribution in [2.45, 2.75) is 288 Å². The van der Waals surface area contributed by atoms with Gasteiger partial charge in [0.25, 0.3) is 0 Å². The average Bonchev–Trinajstić information content (AvgIpc) is 1.51. The number of carbonyl (C=O) groups is 8. The molecule has 109 heavy (non-hydrogen) atoms. The number of allylic oxidation sites excluding steroid dienone is 6. The van der Waals surface area contributed by atoms with Gasteiger partial charge < -0.3 is 24.1 Å². The zero-order chi connectivity index (χ0) is 74.0. The number of ether oxygens (including phenoxy) is 4. The summed E-state index contributed by atoms with van der Waals surface area (Å²) < 4.78 is 25.0. The lowest BCUT2D eigenvalue weighted by Crippen LogP contribution is -2.57. The number of aliphatic hydroxyl groups excluding tert-OH is 1. The molecule has 5 spiro atoms. The quantitative estimate of drug-likeness (QED) is 0.202. The molecule has 1 N–H and O–H groups in total. The molecule has 26 aliphatic rings. The Hall–Kier alpha value is -4.78. The summed E-state index contributed by atoms with van der Waals surface area (Å²) in [5.41, 5.74) is 6.34. The second-order valence-corrected chi connectivity index (χ2v) is 42.9. The molecule has 17 saturated carbocycles. The highest BCUT2D eigenvalue weighted by Crippen LogP contribution is 2.86. The SMILES string of the molecule is CC[C@]12CCC3C(C4CC4C4=CC(=O)CC[C@@H]43)C1C1CC1[C@@]21CCC(=O)O1.CC[C@]12CCC3C(C=CC4=CC(=O)CC[C@@H]43)C1C1CC1[C@@]21CCC(=O)O1.CC[C@]12CCC3C(CC(CO)C4=CC(=O)CC[C@@H]43)C1C1CC1[C@@]21CCC(=O)O1.CC[C@]12CCC3C(CC4(CC4)C4=CC(=O)CC[C@@H]43)C1C1CC1[C@@]21CCC(=O)O1. The van der Waals surface area contributed by atoms with Crippen molar-refractivity contribution in [2.75, 3.05) is 6.61 Å². The van der Waals surface area contributed by atoms with Gasteiger partial charge in [-0.15, -0.1) is 0 Å². The predicted molar refractivity (Wildman–Crippen MR) is 404 cm³/mol. The Kier molecular flexibility index (Phi) is 15.0. The zero-order valence-corrected chi connectivity index (χ0v) is 65.8. The lowest BCUT2D eigenvalue weighted by molar-refractivity contribution is -0.180. The fraction of sp³-hybridized carbons (Fsp3) is 0.812. The van der Waals surface area contributed by atoms with Gasteiger partial charge in [-0.05, 0) is 352 Å². The van der Waals surface area contributed by atoms with E-state index < -0.39 is 0 Å². The second-order valence-electron chi connectivity index (χ2n) is 42.9. The van der Waals surface area contributed by atoms with Gasteiger partial charge in [-0.2, -0.15) is 0 Å². The Labute approximate surface area is 645 Å². The second kappa shape index (κ2) is 23.5. The monoisotopic (exact) mass is 1480 g/mol. The first-order valence-electron chi connectivity index (χ1n) is 45.9. The molecule has 0 bridgehead atoms. The summed E-state index contributed by atoms with van der Waals surface area (Å²) in [6, 6.07) is 0. The Balaban J connectivity index is 0.0000000875. The number of ketones is 4. The molecule has 13 nitrogen and oxygen atoms in total. The maximum Gasteiger partial charge on any atom is 0.306 e. The first kappa shape index (κ1) is 69.7. The molecule has 23 unspecified atom stereocenters. The van der Waals surface area contributed by atoms with Crippen LogP contribution in [0.25, 0.3) is 0 Å². The standard InChI is InChI=1S/C25H32O3.C24H32O4.C24H30O3.C23H28O3/c1-2-24-7-5-15-16-4-3-14(26)11-19(16)23(9-10-23)13-18(15)22(24)17-12-20(17)25(24)8-6-21(27)28-25;1-2-23-7-5-16-15-4-3-14(26)10-17(15)13(12-25)9-18(16)22(23)19-11-20(19)24(23)8-6-21(27)28-24;1-2-23-7-5-14-13-4-3-12(25)9-15(13)16-10-17(16)21(14)22(23)18-11-19(18)24(23)8-6-20(26)27-24;1-2-22-9-7-16-15-6-4-14(24)11-13(15)3-5-17(16)21(22)18-12-19(18)23(22)10-8-20(25)26-23/h11,15-18,20,22H,2-10,12-13H2,1H3;10,13,15-16,18-20,22,25H,2-9,11-12H2,1H3;9,13-14,16-19,21-22H,2-8,10-11H2,1H3;3,5,11,15-19,21H,2,4,6-10,12H2,1H3/t15?,16-,17?,18?,20?,22?,24+,25+;13?,15-,16?,18?,19?,20?,22?,23+,24+;13-,14?,16?,17?,18?,19?,21?,22?,23+,24+;15-,16?,17?,18?,19?,21?,22-,23-/m1110/s1. The van der Waals surface area contributed by atoms with E-state index in [9.17, 15) is 43.5 Å². The number of carbonyl (C=O) groups excluding carboxylic acids is 8. The van der Waals surface area contributed by atoms with Crippen molar-refractivity contribution in [2.24, 2.45) is 187 Å². The molecule has 4 aliphatic heterocycles. The Morgan fingerprint density at radius 1 is 0.358 bits per heavy atom. The van der Waals surface area contributed by atoms with E-state index in [0.717, 1.165) is 149 Å². The number of hydrogen-bond donors (Lipinski definition) is 1. The van der Waals surface area contributed by atoms with E-state index in [1.807, 2.05) is 12.2 Å². The van der Waals surface area contributed by atoms with Crippen LogP contribution >= 0.6 is 0 Å². The van der Waals surface area contributed by atoms with E-state index in [4.69, 9.17) is 18.9 Å². The third-order valence-electron chi connectivity index (χ3n) is 41.0. The van der Waals surface area contributed by atoms with Crippen molar-refractivity contribution in [3.8, 4) is 0 Å². The van der Waals surface area contributed by atoms with E-state index in [0.29, 0.717) is 150 Å². The van der Waals surface area contributed by atoms with Gasteiger partial charge in [0.15, 0.2) is 23.1 Å². The number of esters is 4. The number of aliphatic hydroxyl groups is 1.